The van der Waals surface area contributed by atoms with Crippen LogP contribution in [0.1, 0.15) is 43.5 Å². The van der Waals surface area contributed by atoms with Gasteiger partial charge in [-0.2, -0.15) is 8.78 Å². The van der Waals surface area contributed by atoms with Gasteiger partial charge in [-0.15, -0.1) is 0 Å². The third-order valence-electron chi connectivity index (χ3n) is 4.13. The number of nitrogens with zero attached hydrogens (tertiary/aromatic N) is 1. The van der Waals surface area contributed by atoms with Crippen molar-refractivity contribution in [1.82, 2.24) is 4.90 Å². The van der Waals surface area contributed by atoms with Gasteiger partial charge in [0.15, 0.2) is 6.61 Å². The fraction of sp³-hybridized carbons (Fsp3) is 0.529. The first-order valence-corrected chi connectivity index (χ1v) is 7.92. The van der Waals surface area contributed by atoms with Crippen LogP contribution in [0.4, 0.5) is 8.78 Å². The number of hydrogen-bond donors (Lipinski definition) is 0. The van der Waals surface area contributed by atoms with Crippen molar-refractivity contribution in [3.05, 3.63) is 29.8 Å². The number of ether oxygens (including phenoxy) is 2. The van der Waals surface area contributed by atoms with Gasteiger partial charge < -0.3 is 14.4 Å². The van der Waals surface area contributed by atoms with E-state index in [0.29, 0.717) is 0 Å². The minimum absolute atomic E-state index is 0.0920. The number of benzene rings is 1. The molecule has 0 aliphatic carbocycles. The van der Waals surface area contributed by atoms with Gasteiger partial charge in [-0.25, -0.2) is 4.79 Å². The van der Waals surface area contributed by atoms with E-state index in [9.17, 15) is 18.4 Å². The van der Waals surface area contributed by atoms with Crippen LogP contribution in [0.25, 0.3) is 0 Å². The molecule has 0 aromatic heterocycles. The molecule has 1 saturated heterocycles. The van der Waals surface area contributed by atoms with Crippen LogP contribution in [0.15, 0.2) is 24.3 Å². The van der Waals surface area contributed by atoms with E-state index in [2.05, 4.69) is 4.74 Å². The monoisotopic (exact) mass is 341 g/mol. The Hall–Kier alpha value is -2.18. The molecule has 1 aliphatic rings. The summed E-state index contributed by atoms with van der Waals surface area (Å²) >= 11 is 0. The second-order valence-corrected chi connectivity index (χ2v) is 5.88. The van der Waals surface area contributed by atoms with Gasteiger partial charge >= 0.3 is 12.6 Å². The predicted octanol–water partition coefficient (Wildman–Crippen LogP) is 3.23. The molecule has 24 heavy (non-hydrogen) atoms. The highest BCUT2D eigenvalue weighted by Crippen LogP contribution is 2.23. The Balaban J connectivity index is 1.99. The van der Waals surface area contributed by atoms with Crippen LogP contribution in [0.5, 0.6) is 5.75 Å². The summed E-state index contributed by atoms with van der Waals surface area (Å²) in [5, 5.41) is 0. The average Bonchev–Trinajstić information content (AvgIpc) is 2.52. The number of amides is 1. The van der Waals surface area contributed by atoms with Gasteiger partial charge in [0.05, 0.1) is 0 Å². The fourth-order valence-electron chi connectivity index (χ4n) is 3.03. The maximum Gasteiger partial charge on any atom is 0.387 e. The van der Waals surface area contributed by atoms with Gasteiger partial charge in [-0.3, -0.25) is 4.79 Å². The largest absolute Gasteiger partial charge is 0.452 e. The molecule has 1 aromatic carbocycles. The molecule has 1 amide bonds. The van der Waals surface area contributed by atoms with Gasteiger partial charge in [-0.05, 0) is 45.2 Å². The molecule has 0 N–H and O–H groups in total. The summed E-state index contributed by atoms with van der Waals surface area (Å²) < 4.78 is 34.0. The zero-order valence-electron chi connectivity index (χ0n) is 13.7. The van der Waals surface area contributed by atoms with Crippen LogP contribution in [0, 0.1) is 0 Å². The lowest BCUT2D eigenvalue weighted by molar-refractivity contribution is -0.140. The van der Waals surface area contributed by atoms with Crippen LogP contribution >= 0.6 is 0 Å². The average molecular weight is 341 g/mol. The predicted molar refractivity (Wildman–Crippen MR) is 83.0 cm³/mol. The van der Waals surface area contributed by atoms with Crippen molar-refractivity contribution in [3.8, 4) is 5.75 Å². The Labute approximate surface area is 139 Å². The molecule has 1 aromatic rings. The molecular formula is C17H21F2NO4. The summed E-state index contributed by atoms with van der Waals surface area (Å²) in [4.78, 5) is 26.1. The van der Waals surface area contributed by atoms with Crippen molar-refractivity contribution in [2.24, 2.45) is 0 Å². The second kappa shape index (κ2) is 8.08. The molecular weight excluding hydrogens is 320 g/mol. The van der Waals surface area contributed by atoms with Crippen molar-refractivity contribution in [1.29, 1.82) is 0 Å². The smallest absolute Gasteiger partial charge is 0.387 e. The van der Waals surface area contributed by atoms with Gasteiger partial charge in [-0.1, -0.05) is 12.1 Å². The number of esters is 1. The van der Waals surface area contributed by atoms with Crippen LogP contribution in [-0.2, 0) is 9.53 Å². The van der Waals surface area contributed by atoms with Crippen molar-refractivity contribution < 1.29 is 27.8 Å². The molecule has 1 aliphatic heterocycles. The zero-order chi connectivity index (χ0) is 17.7. The summed E-state index contributed by atoms with van der Waals surface area (Å²) in [7, 11) is 0. The van der Waals surface area contributed by atoms with E-state index in [-0.39, 0.29) is 29.3 Å². The van der Waals surface area contributed by atoms with E-state index in [4.69, 9.17) is 4.74 Å². The van der Waals surface area contributed by atoms with Crippen LogP contribution < -0.4 is 4.74 Å². The number of piperidine rings is 1. The number of rotatable bonds is 5. The van der Waals surface area contributed by atoms with E-state index in [1.807, 2.05) is 13.8 Å². The van der Waals surface area contributed by atoms with Gasteiger partial charge in [0.1, 0.15) is 11.3 Å². The highest BCUT2D eigenvalue weighted by atomic mass is 19.3. The van der Waals surface area contributed by atoms with E-state index < -0.39 is 19.2 Å². The van der Waals surface area contributed by atoms with Gasteiger partial charge in [0.2, 0.25) is 0 Å². The molecule has 7 heteroatoms. The number of alkyl halides is 2. The van der Waals surface area contributed by atoms with Crippen molar-refractivity contribution in [3.63, 3.8) is 0 Å². The fourth-order valence-corrected chi connectivity index (χ4v) is 3.03. The summed E-state index contributed by atoms with van der Waals surface area (Å²) in [6, 6.07) is 5.72. The summed E-state index contributed by atoms with van der Waals surface area (Å²) in [5.74, 6) is -1.42. The molecule has 2 unspecified atom stereocenters. The number of carbonyl (C=O) groups excluding carboxylic acids is 2. The molecule has 0 bridgehead atoms. The Kier molecular flexibility index (Phi) is 6.11. The quantitative estimate of drug-likeness (QED) is 0.772. The van der Waals surface area contributed by atoms with E-state index >= 15 is 0 Å². The Bertz CT molecular complexity index is 584. The number of hydrogen-bond acceptors (Lipinski definition) is 4. The number of likely N-dealkylation sites (tertiary alicyclic amines) is 1. The molecule has 1 heterocycles. The normalized spacial score (nSPS) is 20.8. The zero-order valence-corrected chi connectivity index (χ0v) is 13.7. The highest BCUT2D eigenvalue weighted by molar-refractivity contribution is 5.94. The topological polar surface area (TPSA) is 55.8 Å². The van der Waals surface area contributed by atoms with Crippen LogP contribution in [-0.4, -0.2) is 42.1 Å². The Morgan fingerprint density at radius 3 is 2.46 bits per heavy atom. The number of halogens is 2. The van der Waals surface area contributed by atoms with E-state index in [1.165, 1.54) is 24.3 Å². The molecule has 0 spiro atoms. The maximum absolute atomic E-state index is 12.4. The third-order valence-corrected chi connectivity index (χ3v) is 4.13. The van der Waals surface area contributed by atoms with Gasteiger partial charge in [0.25, 0.3) is 5.91 Å². The number of carbonyl (C=O) groups is 2. The van der Waals surface area contributed by atoms with Crippen molar-refractivity contribution in [2.45, 2.75) is 51.8 Å². The minimum Gasteiger partial charge on any atom is -0.452 e. The summed E-state index contributed by atoms with van der Waals surface area (Å²) in [5.41, 5.74) is -0.134. The molecule has 132 valence electrons. The molecule has 0 saturated carbocycles. The molecule has 2 rings (SSSR count). The second-order valence-electron chi connectivity index (χ2n) is 5.88. The van der Waals surface area contributed by atoms with E-state index in [0.717, 1.165) is 19.3 Å². The SMILES string of the molecule is CC1CCCC(C)N1C(=O)COC(=O)c1ccccc1OC(F)F. The standard InChI is InChI=1S/C17H21F2NO4/c1-11-6-5-7-12(2)20(11)15(21)10-23-16(22)13-8-3-4-9-14(13)24-17(18)19/h3-4,8-9,11-12,17H,5-7,10H2,1-2H3. The third kappa shape index (κ3) is 4.43. The Morgan fingerprint density at radius 2 is 1.83 bits per heavy atom. The summed E-state index contributed by atoms with van der Waals surface area (Å²) in [6.07, 6.45) is 2.88. The first kappa shape index (κ1) is 18.2. The number of para-hydroxylation sites is 1. The van der Waals surface area contributed by atoms with E-state index in [1.54, 1.807) is 4.90 Å². The minimum atomic E-state index is -3.05. The summed E-state index contributed by atoms with van der Waals surface area (Å²) in [6.45, 7) is 0.453. The molecule has 2 atom stereocenters. The first-order chi connectivity index (χ1) is 11.4. The molecule has 0 radical (unpaired) electrons. The molecule has 1 fully saturated rings. The lowest BCUT2D eigenvalue weighted by Crippen LogP contribution is -2.49. The van der Waals surface area contributed by atoms with Gasteiger partial charge in [0, 0.05) is 12.1 Å². The first-order valence-electron chi connectivity index (χ1n) is 7.92. The van der Waals surface area contributed by atoms with Crippen molar-refractivity contribution >= 4 is 11.9 Å². The highest BCUT2D eigenvalue weighted by Gasteiger charge is 2.29. The lowest BCUT2D eigenvalue weighted by Gasteiger charge is -2.38. The Morgan fingerprint density at radius 1 is 1.21 bits per heavy atom. The van der Waals surface area contributed by atoms with Crippen LogP contribution in [0.3, 0.4) is 0 Å². The molecule has 5 nitrogen and oxygen atoms in total. The van der Waals surface area contributed by atoms with Crippen molar-refractivity contribution in [2.75, 3.05) is 6.61 Å². The lowest BCUT2D eigenvalue weighted by atomic mass is 9.97. The van der Waals surface area contributed by atoms with Crippen LogP contribution in [0.2, 0.25) is 0 Å². The maximum atomic E-state index is 12.4.